The number of aryl methyl sites for hydroxylation is 2. The van der Waals surface area contributed by atoms with E-state index in [1.54, 1.807) is 26.2 Å². The van der Waals surface area contributed by atoms with Crippen LogP contribution in [0, 0.1) is 13.8 Å². The molecule has 1 N–H and O–H groups in total. The van der Waals surface area contributed by atoms with Gasteiger partial charge < -0.3 is 14.8 Å². The summed E-state index contributed by atoms with van der Waals surface area (Å²) in [6.07, 6.45) is 1.50. The average molecular weight is 450 g/mol. The molecule has 32 heavy (non-hydrogen) atoms. The number of nitrogens with one attached hydrogen (secondary N) is 1. The molecule has 7 nitrogen and oxygen atoms in total. The molecule has 0 aliphatic rings. The van der Waals surface area contributed by atoms with Crippen molar-refractivity contribution >= 4 is 33.1 Å². The van der Waals surface area contributed by atoms with Crippen LogP contribution in [-0.4, -0.2) is 29.2 Å². The molecule has 2 aromatic carbocycles. The number of thiophene rings is 1. The smallest absolute Gasteiger partial charge is 0.266 e. The monoisotopic (exact) mass is 449 g/mol. The van der Waals surface area contributed by atoms with Crippen molar-refractivity contribution < 1.29 is 14.3 Å². The van der Waals surface area contributed by atoms with Gasteiger partial charge in [-0.25, -0.2) is 4.98 Å². The van der Waals surface area contributed by atoms with Gasteiger partial charge in [0.05, 0.1) is 35.9 Å². The standard InChI is InChI=1S/C24H23N3O4S/c1-15-7-6-8-17(13-15)31-12-11-27-14-25-23-20(24(27)29)16(2)21(32-23)22(28)26-18-9-4-5-10-19(18)30-3/h4-10,13-14H,11-12H2,1-3H3,(H,26,28). The van der Waals surface area contributed by atoms with Gasteiger partial charge in [-0.05, 0) is 49.2 Å². The van der Waals surface area contributed by atoms with Crippen LogP contribution in [0.25, 0.3) is 10.2 Å². The first-order chi connectivity index (χ1) is 15.5. The van der Waals surface area contributed by atoms with Crippen molar-refractivity contribution in [1.29, 1.82) is 0 Å². The number of nitrogens with zero attached hydrogens (tertiary/aromatic N) is 2. The lowest BCUT2D eigenvalue weighted by atomic mass is 10.2. The number of fused-ring (bicyclic) bond motifs is 1. The van der Waals surface area contributed by atoms with Crippen LogP contribution in [-0.2, 0) is 6.54 Å². The molecule has 0 bridgehead atoms. The van der Waals surface area contributed by atoms with Gasteiger partial charge in [0, 0.05) is 0 Å². The Kier molecular flexibility index (Phi) is 6.23. The second-order valence-electron chi connectivity index (χ2n) is 7.30. The lowest BCUT2D eigenvalue weighted by Gasteiger charge is -2.09. The van der Waals surface area contributed by atoms with Crippen molar-refractivity contribution in [3.05, 3.63) is 81.2 Å². The maximum absolute atomic E-state index is 13.1. The number of carbonyl (C=O) groups is 1. The zero-order valence-electron chi connectivity index (χ0n) is 18.0. The molecule has 0 saturated heterocycles. The summed E-state index contributed by atoms with van der Waals surface area (Å²) in [5, 5.41) is 3.32. The van der Waals surface area contributed by atoms with Gasteiger partial charge in [0.1, 0.15) is 22.9 Å². The number of para-hydroxylation sites is 2. The Bertz CT molecular complexity index is 1340. The van der Waals surface area contributed by atoms with E-state index in [4.69, 9.17) is 9.47 Å². The van der Waals surface area contributed by atoms with E-state index in [-0.39, 0.29) is 11.5 Å². The van der Waals surface area contributed by atoms with Crippen LogP contribution in [0.4, 0.5) is 5.69 Å². The third kappa shape index (κ3) is 4.36. The summed E-state index contributed by atoms with van der Waals surface area (Å²) in [5.41, 5.74) is 2.10. The number of hydrogen-bond acceptors (Lipinski definition) is 6. The van der Waals surface area contributed by atoms with Crippen LogP contribution < -0.4 is 20.3 Å². The van der Waals surface area contributed by atoms with Gasteiger partial charge in [-0.2, -0.15) is 0 Å². The van der Waals surface area contributed by atoms with E-state index in [2.05, 4.69) is 10.3 Å². The molecule has 4 aromatic rings. The van der Waals surface area contributed by atoms with Crippen molar-refractivity contribution in [3.63, 3.8) is 0 Å². The van der Waals surface area contributed by atoms with Crippen LogP contribution in [0.3, 0.4) is 0 Å². The molecule has 1 amide bonds. The van der Waals surface area contributed by atoms with E-state index >= 15 is 0 Å². The highest BCUT2D eigenvalue weighted by Crippen LogP contribution is 2.29. The van der Waals surface area contributed by atoms with Gasteiger partial charge in [-0.1, -0.05) is 24.3 Å². The summed E-state index contributed by atoms with van der Waals surface area (Å²) in [5.74, 6) is 1.02. The lowest BCUT2D eigenvalue weighted by Crippen LogP contribution is -2.23. The van der Waals surface area contributed by atoms with Crippen LogP contribution >= 0.6 is 11.3 Å². The number of methoxy groups -OCH3 is 1. The molecule has 0 aliphatic heterocycles. The molecule has 0 spiro atoms. The van der Waals surface area contributed by atoms with Crippen LogP contribution in [0.2, 0.25) is 0 Å². The number of carbonyl (C=O) groups excluding carboxylic acids is 1. The zero-order valence-corrected chi connectivity index (χ0v) is 18.9. The SMILES string of the molecule is COc1ccccc1NC(=O)c1sc2ncn(CCOc3cccc(C)c3)c(=O)c2c1C. The molecule has 4 rings (SSSR count). The van der Waals surface area contributed by atoms with Gasteiger partial charge in [-0.15, -0.1) is 11.3 Å². The van der Waals surface area contributed by atoms with Gasteiger partial charge >= 0.3 is 0 Å². The van der Waals surface area contributed by atoms with Crippen molar-refractivity contribution in [2.45, 2.75) is 20.4 Å². The van der Waals surface area contributed by atoms with E-state index in [9.17, 15) is 9.59 Å². The first-order valence-corrected chi connectivity index (χ1v) is 10.9. The van der Waals surface area contributed by atoms with Crippen molar-refractivity contribution in [1.82, 2.24) is 9.55 Å². The third-order valence-corrected chi connectivity index (χ3v) is 6.27. The van der Waals surface area contributed by atoms with E-state index in [0.29, 0.717) is 45.2 Å². The maximum atomic E-state index is 13.1. The quantitative estimate of drug-likeness (QED) is 0.452. The number of hydrogen-bond donors (Lipinski definition) is 1. The Balaban J connectivity index is 1.55. The predicted octanol–water partition coefficient (Wildman–Crippen LogP) is 4.41. The molecule has 0 fully saturated rings. The molecule has 0 unspecified atom stereocenters. The summed E-state index contributed by atoms with van der Waals surface area (Å²) < 4.78 is 12.6. The summed E-state index contributed by atoms with van der Waals surface area (Å²) in [6.45, 7) is 4.46. The topological polar surface area (TPSA) is 82.4 Å². The Morgan fingerprint density at radius 2 is 1.97 bits per heavy atom. The predicted molar refractivity (Wildman–Crippen MR) is 126 cm³/mol. The molecule has 0 aliphatic carbocycles. The highest BCUT2D eigenvalue weighted by molar-refractivity contribution is 7.20. The first kappa shape index (κ1) is 21.6. The van der Waals surface area contributed by atoms with Crippen molar-refractivity contribution in [3.8, 4) is 11.5 Å². The number of ether oxygens (including phenoxy) is 2. The number of amides is 1. The molecular weight excluding hydrogens is 426 g/mol. The van der Waals surface area contributed by atoms with E-state index in [1.165, 1.54) is 22.2 Å². The Labute approximate surface area is 189 Å². The van der Waals surface area contributed by atoms with Gasteiger partial charge in [-0.3, -0.25) is 14.2 Å². The molecule has 8 heteroatoms. The zero-order chi connectivity index (χ0) is 22.7. The Morgan fingerprint density at radius 3 is 2.75 bits per heavy atom. The molecule has 0 atom stereocenters. The molecule has 0 saturated carbocycles. The van der Waals surface area contributed by atoms with E-state index < -0.39 is 0 Å². The summed E-state index contributed by atoms with van der Waals surface area (Å²) >= 11 is 1.20. The molecule has 0 radical (unpaired) electrons. The van der Waals surface area contributed by atoms with Gasteiger partial charge in [0.2, 0.25) is 0 Å². The summed E-state index contributed by atoms with van der Waals surface area (Å²) in [6, 6.07) is 14.9. The fourth-order valence-corrected chi connectivity index (χ4v) is 4.46. The summed E-state index contributed by atoms with van der Waals surface area (Å²) in [4.78, 5) is 31.4. The number of aromatic nitrogens is 2. The highest BCUT2D eigenvalue weighted by atomic mass is 32.1. The van der Waals surface area contributed by atoms with Crippen LogP contribution in [0.15, 0.2) is 59.7 Å². The number of benzene rings is 2. The molecule has 2 aromatic heterocycles. The Morgan fingerprint density at radius 1 is 1.16 bits per heavy atom. The average Bonchev–Trinajstić information content (AvgIpc) is 3.13. The minimum atomic E-state index is -0.302. The van der Waals surface area contributed by atoms with Crippen molar-refractivity contribution in [2.24, 2.45) is 0 Å². The maximum Gasteiger partial charge on any atom is 0.266 e. The molecular formula is C24H23N3O4S. The second-order valence-corrected chi connectivity index (χ2v) is 8.30. The third-order valence-electron chi connectivity index (χ3n) is 5.07. The van der Waals surface area contributed by atoms with Gasteiger partial charge in [0.25, 0.3) is 11.5 Å². The fraction of sp³-hybridized carbons (Fsp3) is 0.208. The fourth-order valence-electron chi connectivity index (χ4n) is 3.43. The summed E-state index contributed by atoms with van der Waals surface area (Å²) in [7, 11) is 1.55. The number of anilines is 1. The van der Waals surface area contributed by atoms with E-state index in [1.807, 2.05) is 43.3 Å². The highest BCUT2D eigenvalue weighted by Gasteiger charge is 2.20. The largest absolute Gasteiger partial charge is 0.495 e. The van der Waals surface area contributed by atoms with E-state index in [0.717, 1.165) is 11.3 Å². The first-order valence-electron chi connectivity index (χ1n) is 10.1. The minimum absolute atomic E-state index is 0.187. The van der Waals surface area contributed by atoms with Crippen LogP contribution in [0.1, 0.15) is 20.8 Å². The van der Waals surface area contributed by atoms with Gasteiger partial charge in [0.15, 0.2) is 0 Å². The van der Waals surface area contributed by atoms with Crippen LogP contribution in [0.5, 0.6) is 11.5 Å². The molecule has 164 valence electrons. The Hall–Kier alpha value is -3.65. The molecule has 2 heterocycles. The normalized spacial score (nSPS) is 10.8. The second kappa shape index (κ2) is 9.23. The van der Waals surface area contributed by atoms with Crippen molar-refractivity contribution in [2.75, 3.05) is 19.0 Å². The minimum Gasteiger partial charge on any atom is -0.495 e. The lowest BCUT2D eigenvalue weighted by molar-refractivity contribution is 0.102. The number of rotatable bonds is 7.